The SMILES string of the molecule is CCNC(=O)CC(Sc1nc2cc(C(N)=O)ccc2s1)C(=O)NCC. The molecule has 1 aromatic heterocycles. The van der Waals surface area contributed by atoms with Gasteiger partial charge in [0.1, 0.15) is 0 Å². The lowest BCUT2D eigenvalue weighted by Crippen LogP contribution is -2.36. The van der Waals surface area contributed by atoms with E-state index >= 15 is 0 Å². The molecule has 0 fully saturated rings. The fourth-order valence-corrected chi connectivity index (χ4v) is 4.45. The van der Waals surface area contributed by atoms with Gasteiger partial charge in [0.25, 0.3) is 0 Å². The Kier molecular flexibility index (Phi) is 6.77. The molecular formula is C16H20N4O3S2. The normalized spacial score (nSPS) is 11.9. The predicted molar refractivity (Wildman–Crippen MR) is 99.8 cm³/mol. The standard InChI is InChI=1S/C16H20N4O3S2/c1-3-18-13(21)8-12(15(23)19-4-2)25-16-20-10-7-9(14(17)22)5-6-11(10)24-16/h5-7,12H,3-4,8H2,1-2H3,(H2,17,22)(H,18,21)(H,19,23). The molecule has 4 N–H and O–H groups in total. The number of rotatable bonds is 8. The van der Waals surface area contributed by atoms with Gasteiger partial charge >= 0.3 is 0 Å². The van der Waals surface area contributed by atoms with Gasteiger partial charge in [0, 0.05) is 25.1 Å². The molecule has 0 aliphatic heterocycles. The number of thioether (sulfide) groups is 1. The third-order valence-electron chi connectivity index (χ3n) is 3.28. The zero-order valence-corrected chi connectivity index (χ0v) is 15.6. The van der Waals surface area contributed by atoms with E-state index in [4.69, 9.17) is 5.73 Å². The number of thiazole rings is 1. The van der Waals surface area contributed by atoms with Gasteiger partial charge in [-0.05, 0) is 32.0 Å². The van der Waals surface area contributed by atoms with Crippen LogP contribution in [0.1, 0.15) is 30.6 Å². The van der Waals surface area contributed by atoms with Gasteiger partial charge in [0.2, 0.25) is 17.7 Å². The highest BCUT2D eigenvalue weighted by Crippen LogP contribution is 2.33. The first-order valence-electron chi connectivity index (χ1n) is 7.86. The van der Waals surface area contributed by atoms with Crippen molar-refractivity contribution >= 4 is 51.0 Å². The summed E-state index contributed by atoms with van der Waals surface area (Å²) < 4.78 is 1.55. The van der Waals surface area contributed by atoms with E-state index in [9.17, 15) is 14.4 Å². The second-order valence-electron chi connectivity index (χ2n) is 5.19. The lowest BCUT2D eigenvalue weighted by Gasteiger charge is -2.14. The Morgan fingerprint density at radius 3 is 2.60 bits per heavy atom. The molecular weight excluding hydrogens is 360 g/mol. The zero-order valence-electron chi connectivity index (χ0n) is 14.0. The third-order valence-corrected chi connectivity index (χ3v) is 5.61. The average molecular weight is 380 g/mol. The van der Waals surface area contributed by atoms with Crippen molar-refractivity contribution in [2.24, 2.45) is 5.73 Å². The molecule has 3 amide bonds. The number of aromatic nitrogens is 1. The van der Waals surface area contributed by atoms with Crippen molar-refractivity contribution < 1.29 is 14.4 Å². The number of nitrogens with zero attached hydrogens (tertiary/aromatic N) is 1. The third kappa shape index (κ3) is 5.17. The van der Waals surface area contributed by atoms with Crippen LogP contribution in [0.25, 0.3) is 10.2 Å². The fraction of sp³-hybridized carbons (Fsp3) is 0.375. The molecule has 9 heteroatoms. The molecule has 1 unspecified atom stereocenters. The molecule has 0 aliphatic rings. The number of primary amides is 1. The molecule has 1 atom stereocenters. The van der Waals surface area contributed by atoms with Crippen LogP contribution >= 0.6 is 23.1 Å². The van der Waals surface area contributed by atoms with Gasteiger partial charge < -0.3 is 16.4 Å². The van der Waals surface area contributed by atoms with Crippen molar-refractivity contribution in [2.75, 3.05) is 13.1 Å². The number of fused-ring (bicyclic) bond motifs is 1. The second-order valence-corrected chi connectivity index (χ2v) is 7.67. The fourth-order valence-electron chi connectivity index (χ4n) is 2.15. The van der Waals surface area contributed by atoms with Gasteiger partial charge in [0.15, 0.2) is 4.34 Å². The van der Waals surface area contributed by atoms with Crippen LogP contribution in [0.15, 0.2) is 22.5 Å². The first-order chi connectivity index (χ1) is 11.9. The van der Waals surface area contributed by atoms with E-state index in [-0.39, 0.29) is 18.2 Å². The predicted octanol–water partition coefficient (Wildman–Crippen LogP) is 1.52. The number of carbonyl (C=O) groups excluding carboxylic acids is 3. The summed E-state index contributed by atoms with van der Waals surface area (Å²) in [6, 6.07) is 5.05. The quantitative estimate of drug-likeness (QED) is 0.601. The molecule has 0 saturated carbocycles. The summed E-state index contributed by atoms with van der Waals surface area (Å²) in [5, 5.41) is 4.88. The highest BCUT2D eigenvalue weighted by molar-refractivity contribution is 8.02. The lowest BCUT2D eigenvalue weighted by atomic mass is 10.2. The van der Waals surface area contributed by atoms with Crippen molar-refractivity contribution in [2.45, 2.75) is 29.9 Å². The van der Waals surface area contributed by atoms with E-state index in [1.807, 2.05) is 13.8 Å². The average Bonchev–Trinajstić information content (AvgIpc) is 2.96. The monoisotopic (exact) mass is 380 g/mol. The molecule has 0 radical (unpaired) electrons. The number of benzene rings is 1. The largest absolute Gasteiger partial charge is 0.366 e. The molecule has 134 valence electrons. The minimum atomic E-state index is -0.567. The summed E-state index contributed by atoms with van der Waals surface area (Å²) in [5.74, 6) is -0.889. The van der Waals surface area contributed by atoms with Crippen LogP contribution in [-0.4, -0.2) is 41.0 Å². The molecule has 7 nitrogen and oxygen atoms in total. The van der Waals surface area contributed by atoms with Crippen LogP contribution in [0.2, 0.25) is 0 Å². The van der Waals surface area contributed by atoms with E-state index in [0.717, 1.165) is 4.70 Å². The minimum absolute atomic E-state index is 0.0762. The van der Waals surface area contributed by atoms with E-state index in [2.05, 4.69) is 15.6 Å². The molecule has 0 aliphatic carbocycles. The van der Waals surface area contributed by atoms with E-state index in [1.165, 1.54) is 23.1 Å². The van der Waals surface area contributed by atoms with Crippen LogP contribution in [0.4, 0.5) is 0 Å². The van der Waals surface area contributed by atoms with Crippen LogP contribution in [0.3, 0.4) is 0 Å². The Bertz CT molecular complexity index is 791. The second kappa shape index (κ2) is 8.82. The number of nitrogens with two attached hydrogens (primary N) is 1. The van der Waals surface area contributed by atoms with E-state index in [1.54, 1.807) is 18.2 Å². The van der Waals surface area contributed by atoms with Gasteiger partial charge in [-0.25, -0.2) is 4.98 Å². The smallest absolute Gasteiger partial charge is 0.248 e. The number of hydrogen-bond acceptors (Lipinski definition) is 6. The molecule has 0 bridgehead atoms. The molecule has 25 heavy (non-hydrogen) atoms. The Balaban J connectivity index is 2.21. The molecule has 1 aromatic carbocycles. The summed E-state index contributed by atoms with van der Waals surface area (Å²) in [6.07, 6.45) is 0.0762. The number of nitrogens with one attached hydrogen (secondary N) is 2. The number of amides is 3. The molecule has 0 saturated heterocycles. The summed E-state index contributed by atoms with van der Waals surface area (Å²) in [5.41, 5.74) is 6.32. The topological polar surface area (TPSA) is 114 Å². The van der Waals surface area contributed by atoms with Crippen molar-refractivity contribution in [3.8, 4) is 0 Å². The van der Waals surface area contributed by atoms with Gasteiger partial charge in [-0.1, -0.05) is 11.8 Å². The van der Waals surface area contributed by atoms with Gasteiger partial charge in [-0.15, -0.1) is 11.3 Å². The first kappa shape index (κ1) is 19.2. The van der Waals surface area contributed by atoms with Crippen molar-refractivity contribution in [1.29, 1.82) is 0 Å². The highest BCUT2D eigenvalue weighted by Gasteiger charge is 2.24. The van der Waals surface area contributed by atoms with Crippen LogP contribution < -0.4 is 16.4 Å². The van der Waals surface area contributed by atoms with Crippen molar-refractivity contribution in [3.63, 3.8) is 0 Å². The summed E-state index contributed by atoms with van der Waals surface area (Å²) in [6.45, 7) is 4.67. The molecule has 2 aromatic rings. The maximum absolute atomic E-state index is 12.2. The van der Waals surface area contributed by atoms with Gasteiger partial charge in [0.05, 0.1) is 15.5 Å². The van der Waals surface area contributed by atoms with Crippen molar-refractivity contribution in [3.05, 3.63) is 23.8 Å². The molecule has 0 spiro atoms. The summed E-state index contributed by atoms with van der Waals surface area (Å²) in [4.78, 5) is 39.8. The van der Waals surface area contributed by atoms with Crippen LogP contribution in [0, 0.1) is 0 Å². The van der Waals surface area contributed by atoms with Gasteiger partial charge in [-0.2, -0.15) is 0 Å². The van der Waals surface area contributed by atoms with Crippen LogP contribution in [0.5, 0.6) is 0 Å². The summed E-state index contributed by atoms with van der Waals surface area (Å²) >= 11 is 2.66. The Morgan fingerprint density at radius 2 is 1.96 bits per heavy atom. The first-order valence-corrected chi connectivity index (χ1v) is 9.55. The highest BCUT2D eigenvalue weighted by atomic mass is 32.2. The van der Waals surface area contributed by atoms with Gasteiger partial charge in [-0.3, -0.25) is 14.4 Å². The number of carbonyl (C=O) groups is 3. The minimum Gasteiger partial charge on any atom is -0.366 e. The van der Waals surface area contributed by atoms with E-state index < -0.39 is 11.2 Å². The lowest BCUT2D eigenvalue weighted by molar-refractivity contribution is -0.125. The van der Waals surface area contributed by atoms with Crippen LogP contribution in [-0.2, 0) is 9.59 Å². The van der Waals surface area contributed by atoms with Crippen molar-refractivity contribution in [1.82, 2.24) is 15.6 Å². The maximum Gasteiger partial charge on any atom is 0.248 e. The zero-order chi connectivity index (χ0) is 18.4. The molecule has 2 rings (SSSR count). The van der Waals surface area contributed by atoms with E-state index in [0.29, 0.717) is 28.5 Å². The Hall–Kier alpha value is -2.13. The molecule has 1 heterocycles. The Morgan fingerprint density at radius 1 is 1.24 bits per heavy atom. The summed E-state index contributed by atoms with van der Waals surface area (Å²) in [7, 11) is 0. The maximum atomic E-state index is 12.2. The Labute approximate surface area is 153 Å². The number of hydrogen-bond donors (Lipinski definition) is 3.